The molecule has 3 aliphatic rings. The quantitative estimate of drug-likeness (QED) is 0.610. The third-order valence-corrected chi connectivity index (χ3v) is 7.82. The van der Waals surface area contributed by atoms with E-state index in [1.165, 1.54) is 0 Å². The van der Waals surface area contributed by atoms with Gasteiger partial charge in [-0.3, -0.25) is 9.59 Å². The van der Waals surface area contributed by atoms with Gasteiger partial charge >= 0.3 is 11.9 Å². The largest absolute Gasteiger partial charge is 0.455 e. The van der Waals surface area contributed by atoms with Crippen LogP contribution in [0.25, 0.3) is 0 Å². The molecule has 148 valence electrons. The molecule has 2 bridgehead atoms. The number of fused-ring (bicyclic) bond motifs is 1. The molecule has 3 aliphatic heterocycles. The Morgan fingerprint density at radius 3 is 2.46 bits per heavy atom. The van der Waals surface area contributed by atoms with Crippen molar-refractivity contribution < 1.29 is 23.8 Å². The van der Waals surface area contributed by atoms with E-state index in [1.54, 1.807) is 0 Å². The Hall–Kier alpha value is -1.10. The van der Waals surface area contributed by atoms with Gasteiger partial charge in [0.15, 0.2) is 12.2 Å². The van der Waals surface area contributed by atoms with E-state index < -0.39 is 17.6 Å². The fourth-order valence-corrected chi connectivity index (χ4v) is 5.08. The molecular formula is C21H34O5. The highest BCUT2D eigenvalue weighted by molar-refractivity contribution is 5.79. The zero-order chi connectivity index (χ0) is 19.3. The molecule has 0 aromatic heterocycles. The van der Waals surface area contributed by atoms with Gasteiger partial charge in [-0.2, -0.15) is 0 Å². The van der Waals surface area contributed by atoms with Crippen LogP contribution in [0.4, 0.5) is 0 Å². The molecule has 3 rings (SSSR count). The van der Waals surface area contributed by atoms with E-state index in [4.69, 9.17) is 14.2 Å². The van der Waals surface area contributed by atoms with Gasteiger partial charge < -0.3 is 14.2 Å². The zero-order valence-electron chi connectivity index (χ0n) is 17.0. The van der Waals surface area contributed by atoms with Crippen molar-refractivity contribution in [1.82, 2.24) is 0 Å². The number of carbonyl (C=O) groups excluding carboxylic acids is 2. The van der Waals surface area contributed by atoms with Crippen molar-refractivity contribution in [3.8, 4) is 0 Å². The van der Waals surface area contributed by atoms with Crippen LogP contribution in [0.1, 0.15) is 73.6 Å². The van der Waals surface area contributed by atoms with Crippen molar-refractivity contribution in [3.05, 3.63) is 0 Å². The molecule has 7 atom stereocenters. The zero-order valence-corrected chi connectivity index (χ0v) is 17.0. The summed E-state index contributed by atoms with van der Waals surface area (Å²) < 4.78 is 17.4. The van der Waals surface area contributed by atoms with E-state index in [9.17, 15) is 9.59 Å². The number of ether oxygens (including phenoxy) is 3. The Kier molecular flexibility index (Phi) is 5.15. The van der Waals surface area contributed by atoms with Crippen LogP contribution in [0, 0.1) is 22.7 Å². The van der Waals surface area contributed by atoms with Crippen molar-refractivity contribution in [1.29, 1.82) is 0 Å². The smallest absolute Gasteiger partial charge is 0.312 e. The predicted octanol–water partition coefficient (Wildman–Crippen LogP) is 3.88. The van der Waals surface area contributed by atoms with Gasteiger partial charge in [-0.05, 0) is 43.9 Å². The van der Waals surface area contributed by atoms with Crippen LogP contribution >= 0.6 is 0 Å². The third kappa shape index (κ3) is 2.78. The van der Waals surface area contributed by atoms with Crippen LogP contribution in [0.15, 0.2) is 0 Å². The molecule has 26 heavy (non-hydrogen) atoms. The first-order chi connectivity index (χ1) is 12.2. The van der Waals surface area contributed by atoms with E-state index >= 15 is 0 Å². The van der Waals surface area contributed by atoms with E-state index in [2.05, 4.69) is 41.5 Å². The Labute approximate surface area is 157 Å². The monoisotopic (exact) mass is 366 g/mol. The molecule has 3 fully saturated rings. The molecule has 5 heteroatoms. The molecule has 0 N–H and O–H groups in total. The first kappa shape index (κ1) is 19.7. The highest BCUT2D eigenvalue weighted by atomic mass is 16.7. The van der Waals surface area contributed by atoms with Crippen molar-refractivity contribution in [3.63, 3.8) is 0 Å². The molecule has 0 amide bonds. The predicted molar refractivity (Wildman–Crippen MR) is 97.4 cm³/mol. The van der Waals surface area contributed by atoms with Crippen LogP contribution in [0.5, 0.6) is 0 Å². The average molecular weight is 366 g/mol. The van der Waals surface area contributed by atoms with Gasteiger partial charge in [0.2, 0.25) is 0 Å². The molecule has 5 nitrogen and oxygen atoms in total. The molecule has 0 aromatic rings. The standard InChI is InChI=1S/C21H34O5/c1-7-12(4)11-21(6,20(5,8-2)9-3)19(23)26-16-14-10-13-15(24-14)17(16)25-18(13)22/h12-17H,7-11H2,1-6H3/t12?,13?,14?,15?,16?,17-,21?/m1/s1. The summed E-state index contributed by atoms with van der Waals surface area (Å²) in [5, 5.41) is 0. The Balaban J connectivity index is 1.81. The highest BCUT2D eigenvalue weighted by Crippen LogP contribution is 2.52. The van der Waals surface area contributed by atoms with Gasteiger partial charge in [0.05, 0.1) is 17.4 Å². The lowest BCUT2D eigenvalue weighted by Crippen LogP contribution is -2.49. The number of hydrogen-bond donors (Lipinski definition) is 0. The van der Waals surface area contributed by atoms with E-state index in [0.29, 0.717) is 12.3 Å². The third-order valence-electron chi connectivity index (χ3n) is 7.82. The molecular weight excluding hydrogens is 332 g/mol. The topological polar surface area (TPSA) is 61.8 Å². The lowest BCUT2D eigenvalue weighted by Gasteiger charge is -2.46. The van der Waals surface area contributed by atoms with Crippen LogP contribution in [-0.2, 0) is 23.8 Å². The SMILES string of the molecule is CCC(C)CC(C)(C(=O)OC1C2CC3C(=O)O[C@@H]1C3O2)C(C)(CC)CC. The van der Waals surface area contributed by atoms with Gasteiger partial charge in [-0.25, -0.2) is 0 Å². The summed E-state index contributed by atoms with van der Waals surface area (Å²) in [5.74, 6) is -0.0852. The van der Waals surface area contributed by atoms with Gasteiger partial charge in [0.25, 0.3) is 0 Å². The van der Waals surface area contributed by atoms with E-state index in [0.717, 1.165) is 25.7 Å². The molecule has 0 aliphatic carbocycles. The van der Waals surface area contributed by atoms with Crippen molar-refractivity contribution in [2.24, 2.45) is 22.7 Å². The summed E-state index contributed by atoms with van der Waals surface area (Å²) >= 11 is 0. The number of hydrogen-bond acceptors (Lipinski definition) is 5. The number of carbonyl (C=O) groups is 2. The van der Waals surface area contributed by atoms with Gasteiger partial charge in [0.1, 0.15) is 6.10 Å². The number of rotatable bonds is 8. The van der Waals surface area contributed by atoms with Gasteiger partial charge in [0, 0.05) is 0 Å². The Morgan fingerprint density at radius 1 is 1.23 bits per heavy atom. The molecule has 0 radical (unpaired) electrons. The summed E-state index contributed by atoms with van der Waals surface area (Å²) in [4.78, 5) is 25.4. The van der Waals surface area contributed by atoms with Crippen LogP contribution < -0.4 is 0 Å². The maximum atomic E-state index is 13.5. The molecule has 0 spiro atoms. The fourth-order valence-electron chi connectivity index (χ4n) is 5.08. The van der Waals surface area contributed by atoms with E-state index in [-0.39, 0.29) is 35.5 Å². The first-order valence-corrected chi connectivity index (χ1v) is 10.3. The summed E-state index contributed by atoms with van der Waals surface area (Å²) in [6.07, 6.45) is 2.97. The summed E-state index contributed by atoms with van der Waals surface area (Å²) in [6, 6.07) is 0. The van der Waals surface area contributed by atoms with Crippen LogP contribution in [-0.4, -0.2) is 36.4 Å². The second kappa shape index (κ2) is 6.81. The molecule has 0 aromatic carbocycles. The first-order valence-electron chi connectivity index (χ1n) is 10.3. The van der Waals surface area contributed by atoms with Gasteiger partial charge in [-0.15, -0.1) is 0 Å². The molecule has 3 heterocycles. The van der Waals surface area contributed by atoms with Crippen molar-refractivity contribution in [2.75, 3.05) is 0 Å². The van der Waals surface area contributed by atoms with Crippen LogP contribution in [0.3, 0.4) is 0 Å². The normalized spacial score (nSPS) is 35.9. The second-order valence-corrected chi connectivity index (χ2v) is 9.07. The summed E-state index contributed by atoms with van der Waals surface area (Å²) in [5.41, 5.74) is -0.712. The van der Waals surface area contributed by atoms with Crippen molar-refractivity contribution >= 4 is 11.9 Å². The number of esters is 2. The van der Waals surface area contributed by atoms with Gasteiger partial charge in [-0.1, -0.05) is 41.0 Å². The molecule has 3 saturated heterocycles. The maximum Gasteiger partial charge on any atom is 0.312 e. The fraction of sp³-hybridized carbons (Fsp3) is 0.905. The Bertz CT molecular complexity index is 569. The Morgan fingerprint density at radius 2 is 1.88 bits per heavy atom. The minimum atomic E-state index is -0.574. The summed E-state index contributed by atoms with van der Waals surface area (Å²) in [7, 11) is 0. The molecule has 0 saturated carbocycles. The molecule has 6 unspecified atom stereocenters. The maximum absolute atomic E-state index is 13.5. The second-order valence-electron chi connectivity index (χ2n) is 9.07. The average Bonchev–Trinajstić information content (AvgIpc) is 3.25. The highest BCUT2D eigenvalue weighted by Gasteiger charge is 2.65. The lowest BCUT2D eigenvalue weighted by atomic mass is 9.59. The van der Waals surface area contributed by atoms with Crippen LogP contribution in [0.2, 0.25) is 0 Å². The minimum Gasteiger partial charge on any atom is -0.455 e. The van der Waals surface area contributed by atoms with Crippen molar-refractivity contribution in [2.45, 2.75) is 98.1 Å². The summed E-state index contributed by atoms with van der Waals surface area (Å²) in [6.45, 7) is 12.9. The van der Waals surface area contributed by atoms with E-state index in [1.807, 2.05) is 0 Å². The minimum absolute atomic E-state index is 0.138. The lowest BCUT2D eigenvalue weighted by molar-refractivity contribution is -0.179.